The van der Waals surface area contributed by atoms with E-state index in [0.29, 0.717) is 11.1 Å². The van der Waals surface area contributed by atoms with Crippen LogP contribution >= 0.6 is 0 Å². The lowest BCUT2D eigenvalue weighted by Crippen LogP contribution is -2.12. The van der Waals surface area contributed by atoms with Crippen LogP contribution < -0.4 is 11.5 Å². The van der Waals surface area contributed by atoms with Gasteiger partial charge in [0.15, 0.2) is 0 Å². The maximum atomic E-state index is 7.91. The van der Waals surface area contributed by atoms with E-state index < -0.39 is 0 Å². The van der Waals surface area contributed by atoms with Gasteiger partial charge in [0.05, 0.1) is 0 Å². The van der Waals surface area contributed by atoms with Gasteiger partial charge in [-0.2, -0.15) is 0 Å². The molecule has 0 amide bonds. The molecule has 156 valence electrons. The summed E-state index contributed by atoms with van der Waals surface area (Å²) in [6, 6.07) is 35.8. The van der Waals surface area contributed by atoms with Gasteiger partial charge in [0.2, 0.25) is 0 Å². The minimum Gasteiger partial charge on any atom is -0.384 e. The Morgan fingerprint density at radius 2 is 0.719 bits per heavy atom. The molecule has 0 aliphatic heterocycles. The summed E-state index contributed by atoms with van der Waals surface area (Å²) in [6.45, 7) is 0. The summed E-state index contributed by atoms with van der Waals surface area (Å²) in [7, 11) is 0. The number of nitrogens with one attached hydrogen (secondary N) is 2. The van der Waals surface area contributed by atoms with Crippen LogP contribution in [0.5, 0.6) is 0 Å². The van der Waals surface area contributed by atoms with Gasteiger partial charge in [-0.25, -0.2) is 0 Å². The molecule has 0 aliphatic carbocycles. The van der Waals surface area contributed by atoms with E-state index in [1.807, 2.05) is 84.9 Å². The molecule has 0 unspecified atom stereocenters. The fourth-order valence-corrected chi connectivity index (χ4v) is 3.80. The molecule has 4 heteroatoms. The number of amidine groups is 2. The number of hydrogen-bond acceptors (Lipinski definition) is 2. The largest absolute Gasteiger partial charge is 0.384 e. The second kappa shape index (κ2) is 9.14. The number of nitrogens with two attached hydrogens (primary N) is 2. The highest BCUT2D eigenvalue weighted by Gasteiger charge is 2.17. The van der Waals surface area contributed by atoms with Crippen molar-refractivity contribution < 1.29 is 0 Å². The van der Waals surface area contributed by atoms with E-state index >= 15 is 0 Å². The molecule has 4 rings (SSSR count). The Morgan fingerprint density at radius 1 is 0.406 bits per heavy atom. The summed E-state index contributed by atoms with van der Waals surface area (Å²) >= 11 is 0. The quantitative estimate of drug-likeness (QED) is 0.196. The van der Waals surface area contributed by atoms with Crippen molar-refractivity contribution in [2.24, 2.45) is 11.5 Å². The van der Waals surface area contributed by atoms with E-state index in [-0.39, 0.29) is 11.7 Å². The normalized spacial score (nSPS) is 11.5. The predicted octanol–water partition coefficient (Wildman–Crippen LogP) is 5.26. The Bertz CT molecular complexity index is 1200. The summed E-state index contributed by atoms with van der Waals surface area (Å²) < 4.78 is 0. The van der Waals surface area contributed by atoms with Crippen LogP contribution in [0.3, 0.4) is 0 Å². The number of rotatable bonds is 6. The van der Waals surface area contributed by atoms with E-state index in [2.05, 4.69) is 24.3 Å². The van der Waals surface area contributed by atoms with E-state index in [9.17, 15) is 0 Å². The Hall–Kier alpha value is -4.44. The molecule has 0 aliphatic rings. The molecule has 4 aromatic carbocycles. The van der Waals surface area contributed by atoms with Crippen molar-refractivity contribution in [2.45, 2.75) is 0 Å². The van der Waals surface area contributed by atoms with Crippen molar-refractivity contribution in [1.82, 2.24) is 0 Å². The van der Waals surface area contributed by atoms with Gasteiger partial charge in [0, 0.05) is 11.1 Å². The molecule has 0 bridgehead atoms. The SMILES string of the molecule is N=C(N)c1cccc(/C(=C(\c2ccccc2)c2cccc(C(=N)N)c2)c2ccccc2)c1. The third-order valence-electron chi connectivity index (χ3n) is 5.30. The third-order valence-corrected chi connectivity index (χ3v) is 5.30. The smallest absolute Gasteiger partial charge is 0.122 e. The number of nitrogen functional groups attached to an aromatic ring is 2. The van der Waals surface area contributed by atoms with E-state index in [1.54, 1.807) is 0 Å². The van der Waals surface area contributed by atoms with Crippen LogP contribution in [0.1, 0.15) is 33.4 Å². The topological polar surface area (TPSA) is 99.7 Å². The molecule has 0 fully saturated rings. The minimum absolute atomic E-state index is 0.0269. The van der Waals surface area contributed by atoms with Crippen molar-refractivity contribution in [1.29, 1.82) is 10.8 Å². The van der Waals surface area contributed by atoms with Gasteiger partial charge in [-0.15, -0.1) is 0 Å². The Balaban J connectivity index is 2.12. The molecule has 32 heavy (non-hydrogen) atoms. The van der Waals surface area contributed by atoms with Crippen molar-refractivity contribution in [3.05, 3.63) is 143 Å². The fourth-order valence-electron chi connectivity index (χ4n) is 3.80. The summed E-state index contributed by atoms with van der Waals surface area (Å²) in [5, 5.41) is 15.8. The molecule has 0 spiro atoms. The highest BCUT2D eigenvalue weighted by molar-refractivity contribution is 6.06. The summed E-state index contributed by atoms with van der Waals surface area (Å²) in [6.07, 6.45) is 0. The Morgan fingerprint density at radius 3 is 1.06 bits per heavy atom. The molecular formula is C28H24N4. The van der Waals surface area contributed by atoms with Gasteiger partial charge in [-0.3, -0.25) is 10.8 Å². The summed E-state index contributed by atoms with van der Waals surface area (Å²) in [4.78, 5) is 0. The molecule has 0 saturated heterocycles. The van der Waals surface area contributed by atoms with Crippen LogP contribution in [0.15, 0.2) is 109 Å². The molecule has 4 aromatic rings. The van der Waals surface area contributed by atoms with Gasteiger partial charge < -0.3 is 11.5 Å². The maximum absolute atomic E-state index is 7.91. The zero-order valence-electron chi connectivity index (χ0n) is 17.5. The van der Waals surface area contributed by atoms with E-state index in [4.69, 9.17) is 22.3 Å². The lowest BCUT2D eigenvalue weighted by Gasteiger charge is -2.19. The lowest BCUT2D eigenvalue weighted by atomic mass is 9.85. The van der Waals surface area contributed by atoms with Crippen LogP contribution in [0.25, 0.3) is 11.1 Å². The molecule has 0 saturated carbocycles. The lowest BCUT2D eigenvalue weighted by molar-refractivity contribution is 1.41. The average Bonchev–Trinajstić information content (AvgIpc) is 2.83. The standard InChI is InChI=1S/C28H24N4/c29-27(30)23-15-7-13-21(17-23)25(19-9-3-1-4-10-19)26(20-11-5-2-6-12-20)22-14-8-16-24(18-22)28(31)32/h1-18H,(H3,29,30)(H3,31,32)/b26-25+. The van der Waals surface area contributed by atoms with E-state index in [0.717, 1.165) is 33.4 Å². The summed E-state index contributed by atoms with van der Waals surface area (Å²) in [5.74, 6) is 0.0539. The average molecular weight is 417 g/mol. The number of hydrogen-bond donors (Lipinski definition) is 4. The van der Waals surface area contributed by atoms with Crippen LogP contribution in [0.2, 0.25) is 0 Å². The van der Waals surface area contributed by atoms with Crippen LogP contribution in [0.4, 0.5) is 0 Å². The van der Waals surface area contributed by atoms with E-state index in [1.165, 1.54) is 0 Å². The molecule has 0 radical (unpaired) electrons. The third kappa shape index (κ3) is 4.35. The first kappa shape index (κ1) is 20.8. The zero-order valence-corrected chi connectivity index (χ0v) is 17.5. The second-order valence-electron chi connectivity index (χ2n) is 7.47. The highest BCUT2D eigenvalue weighted by Crippen LogP contribution is 2.37. The molecule has 0 heterocycles. The van der Waals surface area contributed by atoms with Gasteiger partial charge in [-0.1, -0.05) is 97.1 Å². The molecule has 0 aromatic heterocycles. The first-order chi connectivity index (χ1) is 15.5. The van der Waals surface area contributed by atoms with Crippen LogP contribution in [-0.4, -0.2) is 11.7 Å². The van der Waals surface area contributed by atoms with Gasteiger partial charge in [0.1, 0.15) is 11.7 Å². The predicted molar refractivity (Wildman–Crippen MR) is 133 cm³/mol. The minimum atomic E-state index is 0.0269. The van der Waals surface area contributed by atoms with Crippen LogP contribution in [0, 0.1) is 10.8 Å². The van der Waals surface area contributed by atoms with Gasteiger partial charge in [0.25, 0.3) is 0 Å². The van der Waals surface area contributed by atoms with Gasteiger partial charge in [-0.05, 0) is 45.5 Å². The van der Waals surface area contributed by atoms with Crippen molar-refractivity contribution >= 4 is 22.8 Å². The number of benzene rings is 4. The van der Waals surface area contributed by atoms with Crippen molar-refractivity contribution in [3.63, 3.8) is 0 Å². The van der Waals surface area contributed by atoms with Gasteiger partial charge >= 0.3 is 0 Å². The van der Waals surface area contributed by atoms with Crippen molar-refractivity contribution in [2.75, 3.05) is 0 Å². The second-order valence-corrected chi connectivity index (χ2v) is 7.47. The first-order valence-electron chi connectivity index (χ1n) is 10.3. The Kier molecular flexibility index (Phi) is 5.95. The molecule has 4 nitrogen and oxygen atoms in total. The van der Waals surface area contributed by atoms with Crippen LogP contribution in [-0.2, 0) is 0 Å². The van der Waals surface area contributed by atoms with Crippen molar-refractivity contribution in [3.8, 4) is 0 Å². The maximum Gasteiger partial charge on any atom is 0.122 e. The first-order valence-corrected chi connectivity index (χ1v) is 10.3. The zero-order chi connectivity index (χ0) is 22.5. The highest BCUT2D eigenvalue weighted by atomic mass is 14.7. The molecule has 0 atom stereocenters. The Labute approximate surface area is 187 Å². The summed E-state index contributed by atoms with van der Waals surface area (Å²) in [5.41, 5.74) is 19.0. The monoisotopic (exact) mass is 416 g/mol. The molecular weight excluding hydrogens is 392 g/mol. The fraction of sp³-hybridized carbons (Fsp3) is 0. The molecule has 6 N–H and O–H groups in total.